The third kappa shape index (κ3) is 7.65. The topological polar surface area (TPSA) is 96.0 Å². The number of nitrogens with one attached hydrogen (secondary N) is 1. The second kappa shape index (κ2) is 13.8. The largest absolute Gasteiger partial charge is 0.494 e. The van der Waals surface area contributed by atoms with Crippen LogP contribution in [0.3, 0.4) is 0 Å². The molecule has 3 aromatic rings. The highest BCUT2D eigenvalue weighted by atomic mass is 35.5. The molecular formula is C28H30Cl2FN3O5S. The van der Waals surface area contributed by atoms with Crippen molar-refractivity contribution in [3.8, 4) is 5.75 Å². The standard InChI is InChI=1S/C28H30Cl2FN3O5S/c1-4-32-28(36)19(3)33(17-20-6-7-21(29)16-26(20)30)27(35)18-34(23-10-8-22(31)9-11-23)40(37,38)25-14-12-24(13-15-25)39-5-2/h6-16,19H,4-5,17-18H2,1-3H3,(H,32,36)/t19-/m1/s1. The third-order valence-corrected chi connectivity index (χ3v) is 8.37. The number of hydrogen-bond donors (Lipinski definition) is 1. The van der Waals surface area contributed by atoms with Gasteiger partial charge in [0.25, 0.3) is 10.0 Å². The number of nitrogens with zero attached hydrogens (tertiary/aromatic N) is 2. The lowest BCUT2D eigenvalue weighted by atomic mass is 10.1. The summed E-state index contributed by atoms with van der Waals surface area (Å²) in [5, 5.41) is 3.36. The molecule has 0 aliphatic heterocycles. The molecule has 214 valence electrons. The smallest absolute Gasteiger partial charge is 0.264 e. The molecule has 8 nitrogen and oxygen atoms in total. The van der Waals surface area contributed by atoms with E-state index in [1.807, 2.05) is 0 Å². The molecule has 40 heavy (non-hydrogen) atoms. The first kappa shape index (κ1) is 31.2. The summed E-state index contributed by atoms with van der Waals surface area (Å²) in [6.45, 7) is 5.06. The van der Waals surface area contributed by atoms with Gasteiger partial charge < -0.3 is 15.0 Å². The average molecular weight is 611 g/mol. The van der Waals surface area contributed by atoms with Crippen molar-refractivity contribution in [1.82, 2.24) is 10.2 Å². The quantitative estimate of drug-likeness (QED) is 0.301. The zero-order valence-corrected chi connectivity index (χ0v) is 24.6. The van der Waals surface area contributed by atoms with Gasteiger partial charge in [-0.05, 0) is 87.0 Å². The molecule has 0 radical (unpaired) electrons. The molecule has 0 aliphatic carbocycles. The monoisotopic (exact) mass is 609 g/mol. The van der Waals surface area contributed by atoms with E-state index in [1.165, 1.54) is 54.3 Å². The van der Waals surface area contributed by atoms with Crippen LogP contribution in [0.15, 0.2) is 71.6 Å². The molecular weight excluding hydrogens is 580 g/mol. The lowest BCUT2D eigenvalue weighted by Crippen LogP contribution is -2.51. The van der Waals surface area contributed by atoms with Crippen LogP contribution in [0.25, 0.3) is 0 Å². The van der Waals surface area contributed by atoms with Crippen LogP contribution in [0.2, 0.25) is 10.0 Å². The molecule has 0 bridgehead atoms. The van der Waals surface area contributed by atoms with E-state index in [0.717, 1.165) is 16.4 Å². The van der Waals surface area contributed by atoms with Gasteiger partial charge in [0.05, 0.1) is 17.2 Å². The van der Waals surface area contributed by atoms with Gasteiger partial charge >= 0.3 is 0 Å². The van der Waals surface area contributed by atoms with Crippen molar-refractivity contribution in [1.29, 1.82) is 0 Å². The fourth-order valence-corrected chi connectivity index (χ4v) is 5.76. The van der Waals surface area contributed by atoms with E-state index >= 15 is 0 Å². The minimum absolute atomic E-state index is 0.0683. The number of carbonyl (C=O) groups excluding carboxylic acids is 2. The predicted octanol–water partition coefficient (Wildman–Crippen LogP) is 5.28. The molecule has 3 aromatic carbocycles. The predicted molar refractivity (Wildman–Crippen MR) is 154 cm³/mol. The fraction of sp³-hybridized carbons (Fsp3) is 0.286. The third-order valence-electron chi connectivity index (χ3n) is 5.99. The van der Waals surface area contributed by atoms with Crippen molar-refractivity contribution >= 4 is 50.7 Å². The van der Waals surface area contributed by atoms with Crippen molar-refractivity contribution in [2.24, 2.45) is 0 Å². The second-order valence-corrected chi connectivity index (χ2v) is 11.4. The maximum absolute atomic E-state index is 13.8. The van der Waals surface area contributed by atoms with Gasteiger partial charge in [-0.15, -0.1) is 0 Å². The van der Waals surface area contributed by atoms with E-state index in [2.05, 4.69) is 5.32 Å². The van der Waals surface area contributed by atoms with Crippen LogP contribution in [0.5, 0.6) is 5.75 Å². The van der Waals surface area contributed by atoms with Crippen LogP contribution in [-0.4, -0.2) is 50.9 Å². The van der Waals surface area contributed by atoms with Crippen LogP contribution < -0.4 is 14.4 Å². The van der Waals surface area contributed by atoms with Crippen molar-refractivity contribution in [2.75, 3.05) is 24.0 Å². The van der Waals surface area contributed by atoms with Crippen molar-refractivity contribution in [2.45, 2.75) is 38.3 Å². The Hall–Kier alpha value is -3.34. The van der Waals surface area contributed by atoms with Gasteiger partial charge in [-0.25, -0.2) is 12.8 Å². The maximum Gasteiger partial charge on any atom is 0.264 e. The zero-order valence-electron chi connectivity index (χ0n) is 22.2. The Labute approximate surface area is 243 Å². The molecule has 0 aromatic heterocycles. The Kier molecular flexibility index (Phi) is 10.8. The molecule has 1 atom stereocenters. The fourth-order valence-electron chi connectivity index (χ4n) is 3.88. The molecule has 0 spiro atoms. The molecule has 0 fully saturated rings. The summed E-state index contributed by atoms with van der Waals surface area (Å²) in [5.74, 6) is -1.20. The number of carbonyl (C=O) groups is 2. The molecule has 0 unspecified atom stereocenters. The first-order chi connectivity index (χ1) is 19.0. The minimum atomic E-state index is -4.31. The summed E-state index contributed by atoms with van der Waals surface area (Å²) in [7, 11) is -4.31. The summed E-state index contributed by atoms with van der Waals surface area (Å²) >= 11 is 12.4. The lowest BCUT2D eigenvalue weighted by Gasteiger charge is -2.32. The average Bonchev–Trinajstić information content (AvgIpc) is 2.92. The highest BCUT2D eigenvalue weighted by Crippen LogP contribution is 2.27. The summed E-state index contributed by atoms with van der Waals surface area (Å²) in [6.07, 6.45) is 0. The van der Waals surface area contributed by atoms with Crippen LogP contribution >= 0.6 is 23.2 Å². The van der Waals surface area contributed by atoms with E-state index in [4.69, 9.17) is 27.9 Å². The number of ether oxygens (including phenoxy) is 1. The Morgan fingerprint density at radius 3 is 2.23 bits per heavy atom. The molecule has 2 amide bonds. The van der Waals surface area contributed by atoms with E-state index in [0.29, 0.717) is 29.5 Å². The van der Waals surface area contributed by atoms with E-state index in [9.17, 15) is 22.4 Å². The number of rotatable bonds is 12. The molecule has 3 rings (SSSR count). The Bertz CT molecular complexity index is 1440. The van der Waals surface area contributed by atoms with Crippen LogP contribution in [0.1, 0.15) is 26.3 Å². The normalized spacial score (nSPS) is 11.9. The first-order valence-corrected chi connectivity index (χ1v) is 14.7. The molecule has 0 heterocycles. The number of halogens is 3. The van der Waals surface area contributed by atoms with Gasteiger partial charge in [0.15, 0.2) is 0 Å². The summed E-state index contributed by atoms with van der Waals surface area (Å²) in [5.41, 5.74) is 0.581. The molecule has 12 heteroatoms. The first-order valence-electron chi connectivity index (χ1n) is 12.5. The number of amides is 2. The van der Waals surface area contributed by atoms with Crippen LogP contribution in [0, 0.1) is 5.82 Å². The number of likely N-dealkylation sites (N-methyl/N-ethyl adjacent to an activating group) is 1. The number of benzene rings is 3. The Morgan fingerprint density at radius 1 is 1.00 bits per heavy atom. The zero-order chi connectivity index (χ0) is 29.4. The number of anilines is 1. The van der Waals surface area contributed by atoms with Crippen LogP contribution in [-0.2, 0) is 26.2 Å². The van der Waals surface area contributed by atoms with Gasteiger partial charge in [-0.2, -0.15) is 0 Å². The molecule has 1 N–H and O–H groups in total. The summed E-state index contributed by atoms with van der Waals surface area (Å²) < 4.78 is 47.6. The van der Waals surface area contributed by atoms with Crippen LogP contribution in [0.4, 0.5) is 10.1 Å². The van der Waals surface area contributed by atoms with Gasteiger partial charge in [0, 0.05) is 23.1 Å². The van der Waals surface area contributed by atoms with E-state index in [1.54, 1.807) is 26.0 Å². The number of sulfonamides is 1. The molecule has 0 aliphatic rings. The van der Waals surface area contributed by atoms with Crippen molar-refractivity contribution in [3.63, 3.8) is 0 Å². The Balaban J connectivity index is 2.03. The molecule has 0 saturated carbocycles. The lowest BCUT2D eigenvalue weighted by molar-refractivity contribution is -0.139. The van der Waals surface area contributed by atoms with Crippen molar-refractivity contribution < 1.29 is 27.1 Å². The minimum Gasteiger partial charge on any atom is -0.494 e. The van der Waals surface area contributed by atoms with Gasteiger partial charge in [0.2, 0.25) is 11.8 Å². The van der Waals surface area contributed by atoms with Crippen molar-refractivity contribution in [3.05, 3.63) is 88.2 Å². The Morgan fingerprint density at radius 2 is 1.65 bits per heavy atom. The summed E-state index contributed by atoms with van der Waals surface area (Å²) in [6, 6.07) is 14.2. The van der Waals surface area contributed by atoms with E-state index < -0.39 is 40.2 Å². The van der Waals surface area contributed by atoms with Gasteiger partial charge in [-0.1, -0.05) is 29.3 Å². The highest BCUT2D eigenvalue weighted by molar-refractivity contribution is 7.92. The number of hydrogen-bond acceptors (Lipinski definition) is 5. The van der Waals surface area contributed by atoms with Gasteiger partial charge in [0.1, 0.15) is 24.2 Å². The maximum atomic E-state index is 13.8. The SMILES string of the molecule is CCNC(=O)[C@@H](C)N(Cc1ccc(Cl)cc1Cl)C(=O)CN(c1ccc(F)cc1)S(=O)(=O)c1ccc(OCC)cc1. The van der Waals surface area contributed by atoms with E-state index in [-0.39, 0.29) is 22.2 Å². The second-order valence-electron chi connectivity index (χ2n) is 8.72. The van der Waals surface area contributed by atoms with Gasteiger partial charge in [-0.3, -0.25) is 13.9 Å². The summed E-state index contributed by atoms with van der Waals surface area (Å²) in [4.78, 5) is 27.7. The molecule has 0 saturated heterocycles. The highest BCUT2D eigenvalue weighted by Gasteiger charge is 2.32.